The standard InChI is InChI=1S/C8H12N4O4/c1-10-5-6(11(2)8(10)16)12(3-4(13)14)7(15)9-5/h5-6H,3H2,1-2H3,(H,9,15)(H,13,14)/t5-,6+/m1/s1. The topological polar surface area (TPSA) is 93.2 Å². The summed E-state index contributed by atoms with van der Waals surface area (Å²) in [5.41, 5.74) is 0. The lowest BCUT2D eigenvalue weighted by Crippen LogP contribution is -2.46. The summed E-state index contributed by atoms with van der Waals surface area (Å²) < 4.78 is 0. The highest BCUT2D eigenvalue weighted by Gasteiger charge is 2.52. The van der Waals surface area contributed by atoms with Crippen molar-refractivity contribution in [3.05, 3.63) is 0 Å². The van der Waals surface area contributed by atoms with Crippen LogP contribution in [0.15, 0.2) is 0 Å². The average molecular weight is 228 g/mol. The average Bonchev–Trinajstić information content (AvgIpc) is 2.61. The summed E-state index contributed by atoms with van der Waals surface area (Å²) in [7, 11) is 3.10. The third-order valence-electron chi connectivity index (χ3n) is 2.86. The van der Waals surface area contributed by atoms with Crippen LogP contribution < -0.4 is 5.32 Å². The van der Waals surface area contributed by atoms with Crippen molar-refractivity contribution in [2.45, 2.75) is 12.3 Å². The van der Waals surface area contributed by atoms with Crippen LogP contribution in [0.25, 0.3) is 0 Å². The van der Waals surface area contributed by atoms with E-state index in [0.717, 1.165) is 4.90 Å². The van der Waals surface area contributed by atoms with Crippen LogP contribution in [0.4, 0.5) is 9.59 Å². The van der Waals surface area contributed by atoms with Gasteiger partial charge in [-0.2, -0.15) is 0 Å². The van der Waals surface area contributed by atoms with Gasteiger partial charge in [-0.1, -0.05) is 0 Å². The number of nitrogens with one attached hydrogen (secondary N) is 1. The predicted octanol–water partition coefficient (Wildman–Crippen LogP) is -1.25. The van der Waals surface area contributed by atoms with Gasteiger partial charge >= 0.3 is 18.0 Å². The molecule has 0 aromatic heterocycles. The van der Waals surface area contributed by atoms with Crippen LogP contribution in [0.3, 0.4) is 0 Å². The summed E-state index contributed by atoms with van der Waals surface area (Å²) in [4.78, 5) is 37.6. The normalized spacial score (nSPS) is 28.5. The molecule has 0 saturated carbocycles. The van der Waals surface area contributed by atoms with Gasteiger partial charge in [0.05, 0.1) is 0 Å². The molecule has 4 amide bonds. The first kappa shape index (κ1) is 10.5. The van der Waals surface area contributed by atoms with Crippen molar-refractivity contribution in [3.63, 3.8) is 0 Å². The first-order valence-electron chi connectivity index (χ1n) is 4.72. The summed E-state index contributed by atoms with van der Waals surface area (Å²) in [6.07, 6.45) is -1.04. The van der Waals surface area contributed by atoms with Gasteiger partial charge in [0.1, 0.15) is 18.9 Å². The number of urea groups is 2. The van der Waals surface area contributed by atoms with Gasteiger partial charge in [-0.25, -0.2) is 9.59 Å². The lowest BCUT2D eigenvalue weighted by molar-refractivity contribution is -0.138. The predicted molar refractivity (Wildman–Crippen MR) is 51.4 cm³/mol. The van der Waals surface area contributed by atoms with Gasteiger partial charge in [-0.05, 0) is 0 Å². The Bertz CT molecular complexity index is 371. The van der Waals surface area contributed by atoms with Crippen LogP contribution in [-0.2, 0) is 4.79 Å². The molecular weight excluding hydrogens is 216 g/mol. The Balaban J connectivity index is 2.25. The minimum atomic E-state index is -1.11. The van der Waals surface area contributed by atoms with Crippen LogP contribution in [0, 0.1) is 0 Å². The van der Waals surface area contributed by atoms with E-state index in [2.05, 4.69) is 5.32 Å². The molecule has 0 aromatic rings. The van der Waals surface area contributed by atoms with Crippen molar-refractivity contribution in [1.82, 2.24) is 20.0 Å². The minimum absolute atomic E-state index is 0.245. The molecule has 2 rings (SSSR count). The second-order valence-electron chi connectivity index (χ2n) is 3.83. The molecule has 2 aliphatic heterocycles. The number of fused-ring (bicyclic) bond motifs is 1. The van der Waals surface area contributed by atoms with Crippen LogP contribution in [-0.4, -0.2) is 70.8 Å². The molecule has 2 N–H and O–H groups in total. The van der Waals surface area contributed by atoms with Crippen LogP contribution >= 0.6 is 0 Å². The second-order valence-corrected chi connectivity index (χ2v) is 3.83. The van der Waals surface area contributed by atoms with E-state index in [9.17, 15) is 14.4 Å². The summed E-state index contributed by atoms with van der Waals surface area (Å²) in [6.45, 7) is -0.418. The summed E-state index contributed by atoms with van der Waals surface area (Å²) >= 11 is 0. The lowest BCUT2D eigenvalue weighted by atomic mass is 10.3. The number of hydrogen-bond donors (Lipinski definition) is 2. The van der Waals surface area contributed by atoms with Crippen molar-refractivity contribution in [1.29, 1.82) is 0 Å². The van der Waals surface area contributed by atoms with Gasteiger partial charge in [0.25, 0.3) is 0 Å². The SMILES string of the molecule is CN1C(=O)N(C)[C@@H]2[C@@H]1NC(=O)N2CC(=O)O. The van der Waals surface area contributed by atoms with Gasteiger partial charge in [0.2, 0.25) is 0 Å². The summed E-state index contributed by atoms with van der Waals surface area (Å²) in [5.74, 6) is -1.11. The number of amides is 4. The number of nitrogens with zero attached hydrogens (tertiary/aromatic N) is 3. The molecule has 0 spiro atoms. The highest BCUT2D eigenvalue weighted by atomic mass is 16.4. The molecule has 8 heteroatoms. The van der Waals surface area contributed by atoms with E-state index >= 15 is 0 Å². The largest absolute Gasteiger partial charge is 0.480 e. The zero-order valence-corrected chi connectivity index (χ0v) is 8.88. The molecule has 0 radical (unpaired) electrons. The van der Waals surface area contributed by atoms with Crippen LogP contribution in [0.2, 0.25) is 0 Å². The number of carbonyl (C=O) groups is 3. The van der Waals surface area contributed by atoms with E-state index in [-0.39, 0.29) is 6.03 Å². The Hall–Kier alpha value is -1.99. The number of carbonyl (C=O) groups excluding carboxylic acids is 2. The van der Waals surface area contributed by atoms with Crippen molar-refractivity contribution in [2.24, 2.45) is 0 Å². The van der Waals surface area contributed by atoms with Crippen LogP contribution in [0.5, 0.6) is 0 Å². The number of likely N-dealkylation sites (N-methyl/N-ethyl adjacent to an activating group) is 2. The minimum Gasteiger partial charge on any atom is -0.480 e. The molecule has 2 saturated heterocycles. The quantitative estimate of drug-likeness (QED) is 0.617. The molecule has 2 aliphatic rings. The fourth-order valence-electron chi connectivity index (χ4n) is 2.08. The van der Waals surface area contributed by atoms with Gasteiger partial charge in [0.15, 0.2) is 0 Å². The smallest absolute Gasteiger partial charge is 0.323 e. The maximum atomic E-state index is 11.6. The number of aliphatic carboxylic acids is 1. The summed E-state index contributed by atoms with van der Waals surface area (Å²) in [5, 5.41) is 11.3. The van der Waals surface area contributed by atoms with E-state index in [1.165, 1.54) is 9.80 Å². The lowest BCUT2D eigenvalue weighted by Gasteiger charge is -2.24. The number of hydrogen-bond acceptors (Lipinski definition) is 3. The Kier molecular flexibility index (Phi) is 2.14. The second kappa shape index (κ2) is 3.26. The molecule has 0 unspecified atom stereocenters. The van der Waals surface area contributed by atoms with Gasteiger partial charge in [0, 0.05) is 14.1 Å². The molecular formula is C8H12N4O4. The monoisotopic (exact) mass is 228 g/mol. The highest BCUT2D eigenvalue weighted by Crippen LogP contribution is 2.25. The summed E-state index contributed by atoms with van der Waals surface area (Å²) in [6, 6.07) is -0.714. The molecule has 0 aromatic carbocycles. The third kappa shape index (κ3) is 1.26. The molecule has 2 atom stereocenters. The van der Waals surface area contributed by atoms with E-state index in [1.54, 1.807) is 14.1 Å². The number of carboxylic acids is 1. The molecule has 8 nitrogen and oxygen atoms in total. The van der Waals surface area contributed by atoms with Crippen molar-refractivity contribution in [2.75, 3.05) is 20.6 Å². The molecule has 2 heterocycles. The zero-order chi connectivity index (χ0) is 12.0. The van der Waals surface area contributed by atoms with Gasteiger partial charge < -0.3 is 20.2 Å². The Morgan fingerprint density at radius 1 is 1.38 bits per heavy atom. The number of carboxylic acid groups (broad SMARTS) is 1. The Morgan fingerprint density at radius 2 is 2.00 bits per heavy atom. The van der Waals surface area contributed by atoms with E-state index in [0.29, 0.717) is 0 Å². The zero-order valence-electron chi connectivity index (χ0n) is 8.88. The van der Waals surface area contributed by atoms with Crippen molar-refractivity contribution >= 4 is 18.0 Å². The maximum absolute atomic E-state index is 11.6. The first-order valence-corrected chi connectivity index (χ1v) is 4.72. The Labute approximate surface area is 91.4 Å². The number of rotatable bonds is 2. The van der Waals surface area contributed by atoms with Crippen molar-refractivity contribution < 1.29 is 19.5 Å². The van der Waals surface area contributed by atoms with E-state index in [1.807, 2.05) is 0 Å². The van der Waals surface area contributed by atoms with E-state index in [4.69, 9.17) is 5.11 Å². The van der Waals surface area contributed by atoms with Crippen molar-refractivity contribution in [3.8, 4) is 0 Å². The molecule has 16 heavy (non-hydrogen) atoms. The third-order valence-corrected chi connectivity index (χ3v) is 2.86. The fraction of sp³-hybridized carbons (Fsp3) is 0.625. The maximum Gasteiger partial charge on any atom is 0.323 e. The molecule has 88 valence electrons. The molecule has 2 fully saturated rings. The van der Waals surface area contributed by atoms with Gasteiger partial charge in [-0.3, -0.25) is 9.69 Å². The van der Waals surface area contributed by atoms with E-state index < -0.39 is 30.9 Å². The fourth-order valence-corrected chi connectivity index (χ4v) is 2.08. The molecule has 0 bridgehead atoms. The highest BCUT2D eigenvalue weighted by molar-refractivity contribution is 5.87. The van der Waals surface area contributed by atoms with Gasteiger partial charge in [-0.15, -0.1) is 0 Å². The first-order chi connectivity index (χ1) is 7.43. The Morgan fingerprint density at radius 3 is 2.56 bits per heavy atom. The van der Waals surface area contributed by atoms with Crippen LogP contribution in [0.1, 0.15) is 0 Å². The molecule has 0 aliphatic carbocycles.